The summed E-state index contributed by atoms with van der Waals surface area (Å²) < 4.78 is 0. The van der Waals surface area contributed by atoms with Crippen LogP contribution >= 0.6 is 0 Å². The Morgan fingerprint density at radius 3 is 1.83 bits per heavy atom. The smallest absolute Gasteiger partial charge is 0.222 e. The second kappa shape index (κ2) is 8.11. The van der Waals surface area contributed by atoms with Gasteiger partial charge in [-0.1, -0.05) is 67.6 Å². The zero-order valence-electron chi connectivity index (χ0n) is 14.4. The average molecular weight is 322 g/mol. The van der Waals surface area contributed by atoms with Crippen molar-refractivity contribution >= 4 is 5.91 Å². The molecule has 3 heteroatoms. The number of amides is 1. The molecule has 0 bridgehead atoms. The highest BCUT2D eigenvalue weighted by atomic mass is 16.2. The maximum atomic E-state index is 12.1. The summed E-state index contributed by atoms with van der Waals surface area (Å²) in [5, 5.41) is 0. The van der Waals surface area contributed by atoms with Gasteiger partial charge in [0, 0.05) is 32.6 Å². The van der Waals surface area contributed by atoms with Crippen LogP contribution in [-0.4, -0.2) is 41.9 Å². The predicted octanol–water partition coefficient (Wildman–Crippen LogP) is 3.72. The number of piperazine rings is 1. The number of rotatable bonds is 5. The molecule has 0 aliphatic carbocycles. The molecular formula is C21H26N2O. The summed E-state index contributed by atoms with van der Waals surface area (Å²) in [6.07, 6.45) is 1.59. The summed E-state index contributed by atoms with van der Waals surface area (Å²) in [6, 6.07) is 21.6. The predicted molar refractivity (Wildman–Crippen MR) is 97.8 cm³/mol. The lowest BCUT2D eigenvalue weighted by molar-refractivity contribution is -0.133. The third kappa shape index (κ3) is 3.85. The molecule has 3 rings (SSSR count). The van der Waals surface area contributed by atoms with E-state index in [0.29, 0.717) is 12.3 Å². The van der Waals surface area contributed by atoms with Crippen LogP contribution in [0.2, 0.25) is 0 Å². The minimum absolute atomic E-state index is 0.260. The molecule has 0 spiro atoms. The fourth-order valence-electron chi connectivity index (χ4n) is 3.49. The molecule has 0 atom stereocenters. The highest BCUT2D eigenvalue weighted by Crippen LogP contribution is 2.29. The first kappa shape index (κ1) is 16.7. The Bertz CT molecular complexity index is 594. The first-order chi connectivity index (χ1) is 11.8. The maximum absolute atomic E-state index is 12.1. The van der Waals surface area contributed by atoms with Crippen LogP contribution in [0, 0.1) is 0 Å². The molecule has 1 heterocycles. The zero-order valence-corrected chi connectivity index (χ0v) is 14.4. The Morgan fingerprint density at radius 1 is 0.875 bits per heavy atom. The van der Waals surface area contributed by atoms with E-state index in [4.69, 9.17) is 0 Å². The van der Waals surface area contributed by atoms with Gasteiger partial charge < -0.3 is 4.90 Å². The van der Waals surface area contributed by atoms with Gasteiger partial charge in [0.05, 0.1) is 6.04 Å². The van der Waals surface area contributed by atoms with Gasteiger partial charge in [-0.2, -0.15) is 0 Å². The van der Waals surface area contributed by atoms with Crippen molar-refractivity contribution in [2.75, 3.05) is 26.2 Å². The molecule has 0 saturated carbocycles. The second-order valence-corrected chi connectivity index (χ2v) is 6.39. The minimum atomic E-state index is 0.260. The SMILES string of the molecule is CCCC(=O)N1CCN(C(c2ccccc2)c2ccccc2)CC1. The molecule has 1 aliphatic heterocycles. The third-order valence-corrected chi connectivity index (χ3v) is 4.73. The molecule has 1 saturated heterocycles. The minimum Gasteiger partial charge on any atom is -0.340 e. The van der Waals surface area contributed by atoms with Crippen LogP contribution in [0.4, 0.5) is 0 Å². The first-order valence-electron chi connectivity index (χ1n) is 8.91. The van der Waals surface area contributed by atoms with Gasteiger partial charge in [-0.3, -0.25) is 9.69 Å². The van der Waals surface area contributed by atoms with E-state index in [1.54, 1.807) is 0 Å². The van der Waals surface area contributed by atoms with E-state index in [0.717, 1.165) is 32.6 Å². The second-order valence-electron chi connectivity index (χ2n) is 6.39. The monoisotopic (exact) mass is 322 g/mol. The van der Waals surface area contributed by atoms with Crippen LogP contribution in [0.25, 0.3) is 0 Å². The van der Waals surface area contributed by atoms with E-state index in [1.165, 1.54) is 11.1 Å². The Hall–Kier alpha value is -2.13. The van der Waals surface area contributed by atoms with Gasteiger partial charge >= 0.3 is 0 Å². The van der Waals surface area contributed by atoms with Gasteiger partial charge in [-0.15, -0.1) is 0 Å². The van der Waals surface area contributed by atoms with Crippen molar-refractivity contribution in [1.82, 2.24) is 9.80 Å². The fraction of sp³-hybridized carbons (Fsp3) is 0.381. The average Bonchev–Trinajstić information content (AvgIpc) is 2.64. The molecule has 0 radical (unpaired) electrons. The highest BCUT2D eigenvalue weighted by molar-refractivity contribution is 5.76. The van der Waals surface area contributed by atoms with Crippen LogP contribution in [0.1, 0.15) is 36.9 Å². The van der Waals surface area contributed by atoms with Crippen LogP contribution in [0.5, 0.6) is 0 Å². The maximum Gasteiger partial charge on any atom is 0.222 e. The normalized spacial score (nSPS) is 15.7. The van der Waals surface area contributed by atoms with E-state index >= 15 is 0 Å². The summed E-state index contributed by atoms with van der Waals surface area (Å²) >= 11 is 0. The molecular weight excluding hydrogens is 296 g/mol. The number of nitrogens with zero attached hydrogens (tertiary/aromatic N) is 2. The Labute approximate surface area is 144 Å². The molecule has 1 aliphatic rings. The summed E-state index contributed by atoms with van der Waals surface area (Å²) in [6.45, 7) is 5.56. The lowest BCUT2D eigenvalue weighted by atomic mass is 9.96. The van der Waals surface area contributed by atoms with E-state index in [-0.39, 0.29) is 6.04 Å². The van der Waals surface area contributed by atoms with Crippen molar-refractivity contribution in [3.05, 3.63) is 71.8 Å². The van der Waals surface area contributed by atoms with Crippen LogP contribution in [-0.2, 0) is 4.79 Å². The number of benzene rings is 2. The van der Waals surface area contributed by atoms with E-state index in [1.807, 2.05) is 4.90 Å². The molecule has 126 valence electrons. The molecule has 2 aromatic rings. The van der Waals surface area contributed by atoms with Crippen molar-refractivity contribution in [3.63, 3.8) is 0 Å². The molecule has 24 heavy (non-hydrogen) atoms. The van der Waals surface area contributed by atoms with Crippen molar-refractivity contribution < 1.29 is 4.79 Å². The largest absolute Gasteiger partial charge is 0.340 e. The van der Waals surface area contributed by atoms with Crippen LogP contribution in [0.3, 0.4) is 0 Å². The van der Waals surface area contributed by atoms with Crippen molar-refractivity contribution in [2.24, 2.45) is 0 Å². The number of carbonyl (C=O) groups is 1. The van der Waals surface area contributed by atoms with Crippen LogP contribution < -0.4 is 0 Å². The standard InChI is InChI=1S/C21H26N2O/c1-2-9-20(24)22-14-16-23(17-15-22)21(18-10-5-3-6-11-18)19-12-7-4-8-13-19/h3-8,10-13,21H,2,9,14-17H2,1H3. The molecule has 0 N–H and O–H groups in total. The molecule has 0 unspecified atom stereocenters. The van der Waals surface area contributed by atoms with Gasteiger partial charge in [0.25, 0.3) is 0 Å². The summed E-state index contributed by atoms with van der Waals surface area (Å²) in [7, 11) is 0. The van der Waals surface area contributed by atoms with E-state index in [9.17, 15) is 4.79 Å². The van der Waals surface area contributed by atoms with Gasteiger partial charge in [-0.25, -0.2) is 0 Å². The molecule has 2 aromatic carbocycles. The molecule has 3 nitrogen and oxygen atoms in total. The van der Waals surface area contributed by atoms with Gasteiger partial charge in [0.1, 0.15) is 0 Å². The van der Waals surface area contributed by atoms with Gasteiger partial charge in [-0.05, 0) is 17.5 Å². The number of carbonyl (C=O) groups excluding carboxylic acids is 1. The number of hydrogen-bond acceptors (Lipinski definition) is 2. The zero-order chi connectivity index (χ0) is 16.8. The number of hydrogen-bond donors (Lipinski definition) is 0. The topological polar surface area (TPSA) is 23.6 Å². The third-order valence-electron chi connectivity index (χ3n) is 4.73. The summed E-state index contributed by atoms with van der Waals surface area (Å²) in [4.78, 5) is 16.6. The van der Waals surface area contributed by atoms with Gasteiger partial charge in [0.15, 0.2) is 0 Å². The molecule has 1 fully saturated rings. The Balaban J connectivity index is 1.77. The van der Waals surface area contributed by atoms with Crippen molar-refractivity contribution in [2.45, 2.75) is 25.8 Å². The fourth-order valence-corrected chi connectivity index (χ4v) is 3.49. The first-order valence-corrected chi connectivity index (χ1v) is 8.91. The lowest BCUT2D eigenvalue weighted by Crippen LogP contribution is -2.49. The Kier molecular flexibility index (Phi) is 5.65. The highest BCUT2D eigenvalue weighted by Gasteiger charge is 2.27. The Morgan fingerprint density at radius 2 is 1.38 bits per heavy atom. The van der Waals surface area contributed by atoms with Crippen molar-refractivity contribution in [1.29, 1.82) is 0 Å². The van der Waals surface area contributed by atoms with Crippen LogP contribution in [0.15, 0.2) is 60.7 Å². The van der Waals surface area contributed by atoms with E-state index in [2.05, 4.69) is 72.5 Å². The molecule has 1 amide bonds. The van der Waals surface area contributed by atoms with Crippen molar-refractivity contribution in [3.8, 4) is 0 Å². The van der Waals surface area contributed by atoms with Gasteiger partial charge in [0.2, 0.25) is 5.91 Å². The molecule has 0 aromatic heterocycles. The lowest BCUT2D eigenvalue weighted by Gasteiger charge is -2.39. The van der Waals surface area contributed by atoms with E-state index < -0.39 is 0 Å². The summed E-state index contributed by atoms with van der Waals surface area (Å²) in [5.41, 5.74) is 2.63. The quantitative estimate of drug-likeness (QED) is 0.837. The summed E-state index contributed by atoms with van der Waals surface area (Å²) in [5.74, 6) is 0.299.